The van der Waals surface area contributed by atoms with Crippen molar-refractivity contribution in [2.75, 3.05) is 13.2 Å². The molecule has 0 aliphatic carbocycles. The predicted molar refractivity (Wildman–Crippen MR) is 212 cm³/mol. The highest BCUT2D eigenvalue weighted by Crippen LogP contribution is 2.46. The summed E-state index contributed by atoms with van der Waals surface area (Å²) in [5.74, 6) is -9.43. The van der Waals surface area contributed by atoms with Gasteiger partial charge in [0, 0.05) is 23.8 Å². The number of rotatable bonds is 16. The maximum atomic E-state index is 12.5. The van der Waals surface area contributed by atoms with Crippen molar-refractivity contribution in [3.63, 3.8) is 0 Å². The third-order valence-electron chi connectivity index (χ3n) is 9.95. The van der Waals surface area contributed by atoms with Crippen molar-refractivity contribution in [2.24, 2.45) is 0 Å². The highest BCUT2D eigenvalue weighted by atomic mass is 16.7. The normalized spacial score (nSPS) is 27.0. The fourth-order valence-corrected chi connectivity index (χ4v) is 6.68. The van der Waals surface area contributed by atoms with Crippen molar-refractivity contribution in [3.8, 4) is 34.5 Å². The van der Waals surface area contributed by atoms with Crippen LogP contribution in [-0.2, 0) is 52.4 Å². The molecule has 354 valence electrons. The van der Waals surface area contributed by atoms with Crippen LogP contribution in [0.15, 0.2) is 66.4 Å². The number of aliphatic carboxylic acids is 2. The van der Waals surface area contributed by atoms with Gasteiger partial charge in [-0.05, 0) is 42.0 Å². The van der Waals surface area contributed by atoms with E-state index in [1.165, 1.54) is 42.5 Å². The molecule has 0 bridgehead atoms. The zero-order valence-corrected chi connectivity index (χ0v) is 33.8. The molecule has 0 radical (unpaired) electrons. The summed E-state index contributed by atoms with van der Waals surface area (Å²) >= 11 is 0. The van der Waals surface area contributed by atoms with E-state index in [1.54, 1.807) is 0 Å². The topological polar surface area (TPSA) is 382 Å². The van der Waals surface area contributed by atoms with E-state index in [1.807, 2.05) is 0 Å². The molecule has 3 heterocycles. The number of fused-ring (bicyclic) bond motifs is 1. The second-order valence-corrected chi connectivity index (χ2v) is 14.8. The standard InChI is InChI=1S/C42H42O24/c43-19-5-1-17(2-6-19)3-8-31(51)59-15-27-34(54)35(55)37(57)41(64-27)63-26-12-21-24(61-39(26)18-4-7-22(45)23(46)9-18)10-20(44)11-25(21)62-42-38(58)36(56)40(66-33(53)14-30(49)50)28(65-42)16-60-32(52)13-29(47)48/h1-12,27-28,34-46,54-58H,13-16H2,(H,47,48)(H,49,50)/b8-3+/t27-,28+,34-,35+,36-,37-,38-,39?,40-,41-,42-/m1/s1. The van der Waals surface area contributed by atoms with Gasteiger partial charge in [0.05, 0.1) is 5.56 Å². The van der Waals surface area contributed by atoms with Crippen molar-refractivity contribution in [1.82, 2.24) is 0 Å². The van der Waals surface area contributed by atoms with Crippen molar-refractivity contribution in [2.45, 2.75) is 80.4 Å². The Hall–Kier alpha value is -7.19. The smallest absolute Gasteiger partial charge is 0.330 e. The summed E-state index contributed by atoms with van der Waals surface area (Å²) in [6, 6.07) is 11.3. The van der Waals surface area contributed by atoms with E-state index in [0.717, 1.165) is 30.3 Å². The van der Waals surface area contributed by atoms with Gasteiger partial charge >= 0.3 is 29.8 Å². The summed E-state index contributed by atoms with van der Waals surface area (Å²) < 4.78 is 44.7. The fraction of sp³-hybridized carbons (Fsp3) is 0.357. The van der Waals surface area contributed by atoms with E-state index in [-0.39, 0.29) is 28.4 Å². The number of ether oxygens (including phenoxy) is 8. The Balaban J connectivity index is 1.29. The van der Waals surface area contributed by atoms with E-state index in [4.69, 9.17) is 48.1 Å². The number of carbonyl (C=O) groups is 5. The van der Waals surface area contributed by atoms with Crippen LogP contribution in [0.4, 0.5) is 0 Å². The Kier molecular flexibility index (Phi) is 15.2. The fourth-order valence-electron chi connectivity index (χ4n) is 6.68. The Morgan fingerprint density at radius 2 is 1.27 bits per heavy atom. The highest BCUT2D eigenvalue weighted by molar-refractivity contribution is 5.90. The number of aliphatic hydroxyl groups excluding tert-OH is 5. The molecule has 24 nitrogen and oxygen atoms in total. The van der Waals surface area contributed by atoms with Gasteiger partial charge in [0.25, 0.3) is 0 Å². The molecule has 2 fully saturated rings. The molecular weight excluding hydrogens is 888 g/mol. The van der Waals surface area contributed by atoms with Crippen molar-refractivity contribution < 1.29 is 118 Å². The SMILES string of the molecule is O=C(O)CC(=O)OC[C@@H]1O[C@@H](Oc2cc(O)cc3c2C=C(O[C@@H]2O[C@H](COC(=O)/C=C/c4ccc(O)cc4)[C@@H](O)[C@H](O)[C@H]2O)C(c2ccc(O)c(O)c2)O3)[C@H](O)[C@@H](O)[C@@H]1OC(=O)CC(=O)O. The van der Waals surface area contributed by atoms with Gasteiger partial charge in [-0.3, -0.25) is 19.2 Å². The third kappa shape index (κ3) is 11.7. The van der Waals surface area contributed by atoms with Crippen LogP contribution in [0, 0.1) is 0 Å². The minimum absolute atomic E-state index is 0.00200. The average Bonchev–Trinajstić information content (AvgIpc) is 3.25. The van der Waals surface area contributed by atoms with E-state index in [2.05, 4.69) is 0 Å². The molecular formula is C42H42O24. The van der Waals surface area contributed by atoms with Crippen LogP contribution in [0.5, 0.6) is 34.5 Å². The second-order valence-electron chi connectivity index (χ2n) is 14.8. The number of benzene rings is 3. The van der Waals surface area contributed by atoms with Crippen LogP contribution in [0.3, 0.4) is 0 Å². The largest absolute Gasteiger partial charge is 0.508 e. The predicted octanol–water partition coefficient (Wildman–Crippen LogP) is -0.706. The van der Waals surface area contributed by atoms with Gasteiger partial charge in [0.2, 0.25) is 12.6 Å². The van der Waals surface area contributed by atoms with Crippen molar-refractivity contribution >= 4 is 42.0 Å². The zero-order valence-electron chi connectivity index (χ0n) is 33.8. The number of hydrogen-bond donors (Lipinski definition) is 11. The highest BCUT2D eigenvalue weighted by Gasteiger charge is 2.50. The monoisotopic (exact) mass is 930 g/mol. The van der Waals surface area contributed by atoms with Crippen LogP contribution < -0.4 is 9.47 Å². The number of phenolic OH excluding ortho intramolecular Hbond substituents is 4. The summed E-state index contributed by atoms with van der Waals surface area (Å²) in [6.07, 6.45) is -19.3. The number of carboxylic acid groups (broad SMARTS) is 2. The first-order chi connectivity index (χ1) is 31.3. The lowest BCUT2D eigenvalue weighted by Gasteiger charge is -2.42. The first-order valence-corrected chi connectivity index (χ1v) is 19.5. The molecule has 0 aromatic heterocycles. The first-order valence-electron chi connectivity index (χ1n) is 19.5. The minimum Gasteiger partial charge on any atom is -0.508 e. The minimum atomic E-state index is -2.15. The summed E-state index contributed by atoms with van der Waals surface area (Å²) in [7, 11) is 0. The molecule has 0 spiro atoms. The lowest BCUT2D eigenvalue weighted by Crippen LogP contribution is -2.61. The van der Waals surface area contributed by atoms with Gasteiger partial charge in [-0.1, -0.05) is 18.2 Å². The van der Waals surface area contributed by atoms with Gasteiger partial charge in [0.15, 0.2) is 23.7 Å². The number of aromatic hydroxyl groups is 4. The van der Waals surface area contributed by atoms with Crippen LogP contribution in [0.2, 0.25) is 0 Å². The summed E-state index contributed by atoms with van der Waals surface area (Å²) in [5, 5.41) is 113. The summed E-state index contributed by atoms with van der Waals surface area (Å²) in [4.78, 5) is 59.0. The molecule has 24 heteroatoms. The molecule has 11 N–H and O–H groups in total. The number of aliphatic hydroxyl groups is 5. The quantitative estimate of drug-likeness (QED) is 0.0278. The van der Waals surface area contributed by atoms with Gasteiger partial charge in [-0.2, -0.15) is 0 Å². The lowest BCUT2D eigenvalue weighted by molar-refractivity contribution is -0.294. The number of carboxylic acids is 2. The number of carbonyl (C=O) groups excluding carboxylic acids is 3. The van der Waals surface area contributed by atoms with Crippen LogP contribution in [0.1, 0.15) is 35.6 Å². The van der Waals surface area contributed by atoms with Crippen LogP contribution in [-0.4, -0.2) is 161 Å². The van der Waals surface area contributed by atoms with Crippen molar-refractivity contribution in [3.05, 3.63) is 83.1 Å². The van der Waals surface area contributed by atoms with E-state index < -0.39 is 146 Å². The average molecular weight is 931 g/mol. The molecule has 3 aromatic rings. The van der Waals surface area contributed by atoms with Gasteiger partial charge in [-0.25, -0.2) is 4.79 Å². The van der Waals surface area contributed by atoms with Crippen LogP contribution >= 0.6 is 0 Å². The summed E-state index contributed by atoms with van der Waals surface area (Å²) in [6.45, 7) is -1.61. The Morgan fingerprint density at radius 3 is 1.95 bits per heavy atom. The van der Waals surface area contributed by atoms with Gasteiger partial charge in [-0.15, -0.1) is 0 Å². The molecule has 0 saturated carbocycles. The molecule has 0 amide bonds. The van der Waals surface area contributed by atoms with Crippen LogP contribution in [0.25, 0.3) is 12.2 Å². The van der Waals surface area contributed by atoms with E-state index in [9.17, 15) is 69.9 Å². The second kappa shape index (κ2) is 20.8. The molecule has 6 rings (SSSR count). The molecule has 3 aliphatic rings. The first kappa shape index (κ1) is 48.3. The van der Waals surface area contributed by atoms with Gasteiger partial charge in [0.1, 0.15) is 97.5 Å². The zero-order chi connectivity index (χ0) is 48.0. The Labute approximate surface area is 370 Å². The van der Waals surface area contributed by atoms with Crippen molar-refractivity contribution in [1.29, 1.82) is 0 Å². The van der Waals surface area contributed by atoms with Gasteiger partial charge < -0.3 is 94.1 Å². The lowest BCUT2D eigenvalue weighted by atomic mass is 9.98. The maximum Gasteiger partial charge on any atom is 0.330 e. The molecule has 3 aliphatic heterocycles. The summed E-state index contributed by atoms with van der Waals surface area (Å²) in [5.41, 5.74) is 0.467. The Bertz CT molecular complexity index is 2340. The molecule has 1 unspecified atom stereocenters. The number of esters is 3. The third-order valence-corrected chi connectivity index (χ3v) is 9.95. The molecule has 2 saturated heterocycles. The van der Waals surface area contributed by atoms with E-state index >= 15 is 0 Å². The molecule has 66 heavy (non-hydrogen) atoms. The number of phenols is 4. The maximum absolute atomic E-state index is 12.5. The molecule has 3 aromatic carbocycles. The van der Waals surface area contributed by atoms with E-state index in [0.29, 0.717) is 5.56 Å². The number of hydrogen-bond acceptors (Lipinski definition) is 22. The molecule has 11 atom stereocenters. The Morgan fingerprint density at radius 1 is 0.636 bits per heavy atom.